The maximum atomic E-state index is 12.2. The molecule has 0 atom stereocenters. The number of thiazole rings is 1. The Labute approximate surface area is 174 Å². The van der Waals surface area contributed by atoms with Gasteiger partial charge in [0.1, 0.15) is 0 Å². The normalized spacial score (nSPS) is 11.6. The number of amides is 1. The molecule has 3 aromatic rings. The highest BCUT2D eigenvalue weighted by Gasteiger charge is 2.20. The van der Waals surface area contributed by atoms with Gasteiger partial charge in [0.15, 0.2) is 5.13 Å². The molecule has 0 unspecified atom stereocenters. The van der Waals surface area contributed by atoms with Crippen LogP contribution in [0.25, 0.3) is 11.3 Å². The Kier molecular flexibility index (Phi) is 6.05. The average molecular weight is 443 g/mol. The Morgan fingerprint density at radius 1 is 1.30 bits per heavy atom. The number of carbonyl (C=O) groups excluding carboxylic acids is 1. The van der Waals surface area contributed by atoms with E-state index in [0.717, 1.165) is 11.3 Å². The summed E-state index contributed by atoms with van der Waals surface area (Å²) in [6.07, 6.45) is 0. The third kappa shape index (κ3) is 4.98. The van der Waals surface area contributed by atoms with Gasteiger partial charge in [-0.2, -0.15) is 0 Å². The van der Waals surface area contributed by atoms with E-state index in [2.05, 4.69) is 25.8 Å². The zero-order valence-electron chi connectivity index (χ0n) is 14.7. The van der Waals surface area contributed by atoms with Crippen molar-refractivity contribution in [3.63, 3.8) is 0 Å². The minimum atomic E-state index is -0.258. The van der Waals surface area contributed by atoms with Crippen molar-refractivity contribution in [2.45, 2.75) is 31.5 Å². The minimum absolute atomic E-state index is 0.179. The lowest BCUT2D eigenvalue weighted by Crippen LogP contribution is -2.24. The Morgan fingerprint density at radius 2 is 2.07 bits per heavy atom. The quantitative estimate of drug-likeness (QED) is 0.581. The molecule has 7 nitrogen and oxygen atoms in total. The first kappa shape index (κ1) is 20.1. The van der Waals surface area contributed by atoms with Crippen LogP contribution in [0.4, 0.5) is 5.13 Å². The van der Waals surface area contributed by atoms with Crippen molar-refractivity contribution in [2.75, 3.05) is 11.1 Å². The number of rotatable bonds is 5. The summed E-state index contributed by atoms with van der Waals surface area (Å²) in [5.41, 5.74) is 1.30. The van der Waals surface area contributed by atoms with Crippen molar-refractivity contribution >= 4 is 57.3 Å². The van der Waals surface area contributed by atoms with Crippen LogP contribution < -0.4 is 5.32 Å². The molecule has 0 saturated heterocycles. The monoisotopic (exact) mass is 442 g/mol. The fourth-order valence-corrected chi connectivity index (χ4v) is 3.99. The fraction of sp³-hybridized carbons (Fsp3) is 0.312. The van der Waals surface area contributed by atoms with E-state index >= 15 is 0 Å². The number of aromatic nitrogens is 5. The van der Waals surface area contributed by atoms with E-state index in [4.69, 9.17) is 23.2 Å². The Morgan fingerprint density at radius 3 is 2.78 bits per heavy atom. The molecule has 142 valence electrons. The molecule has 0 aliphatic rings. The Bertz CT molecular complexity index is 966. The van der Waals surface area contributed by atoms with Crippen molar-refractivity contribution in [1.82, 2.24) is 25.2 Å². The first-order valence-electron chi connectivity index (χ1n) is 7.86. The molecule has 11 heteroatoms. The van der Waals surface area contributed by atoms with Gasteiger partial charge in [0.25, 0.3) is 0 Å². The summed E-state index contributed by atoms with van der Waals surface area (Å²) < 4.78 is 1.69. The van der Waals surface area contributed by atoms with Gasteiger partial charge >= 0.3 is 0 Å². The molecular formula is C16H16Cl2N6OS2. The largest absolute Gasteiger partial charge is 0.301 e. The highest BCUT2D eigenvalue weighted by molar-refractivity contribution is 7.99. The predicted molar refractivity (Wildman–Crippen MR) is 110 cm³/mol. The molecule has 1 N–H and O–H groups in total. The second-order valence-corrected chi connectivity index (χ2v) is 9.16. The van der Waals surface area contributed by atoms with E-state index in [-0.39, 0.29) is 17.2 Å². The SMILES string of the molecule is CC(C)(C)n1nnnc1SCC(=O)Nc1nc(-c2ccc(Cl)c(Cl)c2)cs1. The summed E-state index contributed by atoms with van der Waals surface area (Å²) in [6.45, 7) is 5.98. The number of benzene rings is 1. The van der Waals surface area contributed by atoms with E-state index in [0.29, 0.717) is 20.3 Å². The van der Waals surface area contributed by atoms with Crippen LogP contribution in [0.15, 0.2) is 28.7 Å². The lowest BCUT2D eigenvalue weighted by Gasteiger charge is -2.19. The molecule has 0 bridgehead atoms. The van der Waals surface area contributed by atoms with Gasteiger partial charge in [0.2, 0.25) is 11.1 Å². The van der Waals surface area contributed by atoms with Gasteiger partial charge in [-0.25, -0.2) is 9.67 Å². The number of hydrogen-bond donors (Lipinski definition) is 1. The highest BCUT2D eigenvalue weighted by Crippen LogP contribution is 2.30. The molecule has 0 radical (unpaired) electrons. The van der Waals surface area contributed by atoms with Crippen molar-refractivity contribution in [1.29, 1.82) is 0 Å². The maximum Gasteiger partial charge on any atom is 0.236 e. The van der Waals surface area contributed by atoms with Crippen LogP contribution in [0.3, 0.4) is 0 Å². The molecule has 1 amide bonds. The van der Waals surface area contributed by atoms with Gasteiger partial charge in [0, 0.05) is 10.9 Å². The zero-order chi connectivity index (χ0) is 19.6. The first-order valence-corrected chi connectivity index (χ1v) is 10.5. The van der Waals surface area contributed by atoms with Crippen molar-refractivity contribution in [3.8, 4) is 11.3 Å². The molecule has 2 heterocycles. The van der Waals surface area contributed by atoms with Crippen LogP contribution in [0, 0.1) is 0 Å². The molecule has 0 saturated carbocycles. The molecule has 27 heavy (non-hydrogen) atoms. The summed E-state index contributed by atoms with van der Waals surface area (Å²) in [5.74, 6) is -0.00324. The Hall–Kier alpha value is -1.68. The number of thioether (sulfide) groups is 1. The summed E-state index contributed by atoms with van der Waals surface area (Å²) in [4.78, 5) is 16.7. The molecule has 2 aromatic heterocycles. The van der Waals surface area contributed by atoms with Crippen molar-refractivity contribution < 1.29 is 4.79 Å². The van der Waals surface area contributed by atoms with E-state index < -0.39 is 0 Å². The summed E-state index contributed by atoms with van der Waals surface area (Å²) in [5, 5.41) is 18.3. The minimum Gasteiger partial charge on any atom is -0.301 e. The number of nitrogens with zero attached hydrogens (tertiary/aromatic N) is 5. The number of hydrogen-bond acceptors (Lipinski definition) is 7. The molecule has 1 aromatic carbocycles. The van der Waals surface area contributed by atoms with Gasteiger partial charge in [-0.1, -0.05) is 41.0 Å². The number of nitrogens with one attached hydrogen (secondary N) is 1. The second-order valence-electron chi connectivity index (χ2n) is 6.55. The van der Waals surface area contributed by atoms with Gasteiger partial charge < -0.3 is 5.32 Å². The molecule has 0 spiro atoms. The van der Waals surface area contributed by atoms with Crippen LogP contribution in [0.2, 0.25) is 10.0 Å². The van der Waals surface area contributed by atoms with Crippen LogP contribution in [-0.4, -0.2) is 36.9 Å². The summed E-state index contributed by atoms with van der Waals surface area (Å²) >= 11 is 14.6. The van der Waals surface area contributed by atoms with E-state index in [1.54, 1.807) is 16.8 Å². The van der Waals surface area contributed by atoms with E-state index in [1.807, 2.05) is 32.2 Å². The van der Waals surface area contributed by atoms with Crippen molar-refractivity contribution in [2.24, 2.45) is 0 Å². The topological polar surface area (TPSA) is 85.6 Å². The number of tetrazole rings is 1. The number of carbonyl (C=O) groups is 1. The number of halogens is 2. The molecule has 3 rings (SSSR count). The summed E-state index contributed by atoms with van der Waals surface area (Å²) in [6, 6.07) is 5.29. The lowest BCUT2D eigenvalue weighted by molar-refractivity contribution is -0.113. The molecular weight excluding hydrogens is 427 g/mol. The highest BCUT2D eigenvalue weighted by atomic mass is 35.5. The standard InChI is InChI=1S/C16H16Cl2N6OS2/c1-16(2,3)24-15(21-22-23-24)27-8-13(25)20-14-19-12(7-26-14)9-4-5-10(17)11(18)6-9/h4-7H,8H2,1-3H3,(H,19,20,25). The van der Waals surface area contributed by atoms with Gasteiger partial charge in [-0.15, -0.1) is 16.4 Å². The van der Waals surface area contributed by atoms with Crippen molar-refractivity contribution in [3.05, 3.63) is 33.6 Å². The first-order chi connectivity index (χ1) is 12.7. The van der Waals surface area contributed by atoms with Crippen LogP contribution in [-0.2, 0) is 10.3 Å². The van der Waals surface area contributed by atoms with Crippen LogP contribution in [0.5, 0.6) is 0 Å². The number of anilines is 1. The van der Waals surface area contributed by atoms with Gasteiger partial charge in [-0.3, -0.25) is 4.79 Å². The van der Waals surface area contributed by atoms with Crippen LogP contribution >= 0.6 is 46.3 Å². The van der Waals surface area contributed by atoms with E-state index in [9.17, 15) is 4.79 Å². The van der Waals surface area contributed by atoms with Gasteiger partial charge in [0.05, 0.1) is 27.0 Å². The summed E-state index contributed by atoms with van der Waals surface area (Å²) in [7, 11) is 0. The van der Waals surface area contributed by atoms with E-state index in [1.165, 1.54) is 23.1 Å². The zero-order valence-corrected chi connectivity index (χ0v) is 17.9. The maximum absolute atomic E-state index is 12.2. The molecule has 0 fully saturated rings. The fourth-order valence-electron chi connectivity index (χ4n) is 2.09. The predicted octanol–water partition coefficient (Wildman–Crippen LogP) is 4.59. The third-order valence-electron chi connectivity index (χ3n) is 3.37. The Balaban J connectivity index is 1.61. The second kappa shape index (κ2) is 8.14. The van der Waals surface area contributed by atoms with Gasteiger partial charge in [-0.05, 0) is 43.3 Å². The third-order valence-corrected chi connectivity index (χ3v) is 5.79. The smallest absolute Gasteiger partial charge is 0.236 e. The molecule has 0 aliphatic carbocycles. The van der Waals surface area contributed by atoms with Crippen LogP contribution in [0.1, 0.15) is 20.8 Å². The lowest BCUT2D eigenvalue weighted by atomic mass is 10.1. The molecule has 0 aliphatic heterocycles. The average Bonchev–Trinajstić information content (AvgIpc) is 3.24.